The summed E-state index contributed by atoms with van der Waals surface area (Å²) in [5, 5.41) is 1.66. The van der Waals surface area contributed by atoms with Crippen molar-refractivity contribution in [1.29, 1.82) is 0 Å². The quantitative estimate of drug-likeness (QED) is 0.447. The lowest BCUT2D eigenvalue weighted by Crippen LogP contribution is -2.42. The van der Waals surface area contributed by atoms with E-state index in [-0.39, 0.29) is 15.5 Å². The zero-order valence-electron chi connectivity index (χ0n) is 17.8. The Morgan fingerprint density at radius 1 is 0.909 bits per heavy atom. The second-order valence-electron chi connectivity index (χ2n) is 7.68. The van der Waals surface area contributed by atoms with E-state index in [0.29, 0.717) is 5.56 Å². The number of likely N-dealkylation sites (tertiary alicyclic amines) is 1. The second-order valence-corrected chi connectivity index (χ2v) is 10.5. The fourth-order valence-electron chi connectivity index (χ4n) is 3.64. The van der Waals surface area contributed by atoms with Crippen LogP contribution in [0.5, 0.6) is 0 Å². The van der Waals surface area contributed by atoms with E-state index in [1.54, 1.807) is 29.6 Å². The molecule has 1 saturated heterocycles. The number of amides is 2. The summed E-state index contributed by atoms with van der Waals surface area (Å²) in [6.07, 6.45) is 2.38. The Morgan fingerprint density at radius 2 is 1.67 bits per heavy atom. The Morgan fingerprint density at radius 3 is 2.42 bits per heavy atom. The molecule has 0 bridgehead atoms. The van der Waals surface area contributed by atoms with Gasteiger partial charge in [0.15, 0.2) is 0 Å². The maximum atomic E-state index is 12.7. The first kappa shape index (κ1) is 23.0. The zero-order chi connectivity index (χ0) is 23.3. The van der Waals surface area contributed by atoms with Crippen LogP contribution in [0.2, 0.25) is 0 Å². The van der Waals surface area contributed by atoms with Crippen LogP contribution in [0.15, 0.2) is 70.3 Å². The van der Waals surface area contributed by atoms with E-state index in [1.807, 2.05) is 18.2 Å². The number of carbonyl (C=O) groups is 2. The van der Waals surface area contributed by atoms with Crippen LogP contribution >= 0.6 is 11.3 Å². The lowest BCUT2D eigenvalue weighted by atomic mass is 10.1. The number of sulfonamides is 1. The van der Waals surface area contributed by atoms with Crippen molar-refractivity contribution in [1.82, 2.24) is 15.8 Å². The first-order chi connectivity index (χ1) is 15.9. The number of para-hydroxylation sites is 1. The molecule has 8 nitrogen and oxygen atoms in total. The minimum Gasteiger partial charge on any atom is -0.299 e. The van der Waals surface area contributed by atoms with Crippen LogP contribution in [-0.2, 0) is 16.6 Å². The molecular weight excluding hydrogens is 460 g/mol. The molecule has 1 aliphatic heterocycles. The van der Waals surface area contributed by atoms with E-state index in [1.165, 1.54) is 31.0 Å². The fraction of sp³-hybridized carbons (Fsp3) is 0.217. The highest BCUT2D eigenvalue weighted by Gasteiger charge is 2.20. The highest BCUT2D eigenvalue weighted by Crippen LogP contribution is 2.22. The number of nitrogens with zero attached hydrogens (tertiary/aromatic N) is 1. The molecule has 0 atom stereocenters. The number of thiophene rings is 1. The number of hydrazine groups is 1. The summed E-state index contributed by atoms with van der Waals surface area (Å²) in [5.74, 6) is -1.09. The van der Waals surface area contributed by atoms with Gasteiger partial charge in [-0.2, -0.15) is 0 Å². The third kappa shape index (κ3) is 5.78. The number of anilines is 1. The molecule has 33 heavy (non-hydrogen) atoms. The number of nitrogens with one attached hydrogen (secondary N) is 3. The Balaban J connectivity index is 1.41. The fourth-order valence-corrected chi connectivity index (χ4v) is 5.72. The number of hydrogen-bond acceptors (Lipinski definition) is 6. The van der Waals surface area contributed by atoms with Gasteiger partial charge in [0.25, 0.3) is 21.8 Å². The zero-order valence-corrected chi connectivity index (χ0v) is 19.4. The maximum absolute atomic E-state index is 12.7. The molecule has 1 fully saturated rings. The van der Waals surface area contributed by atoms with Crippen molar-refractivity contribution in [2.45, 2.75) is 23.6 Å². The average molecular weight is 485 g/mol. The molecule has 0 aliphatic carbocycles. The Hall–Kier alpha value is -3.21. The lowest BCUT2D eigenvalue weighted by molar-refractivity contribution is 0.0847. The molecule has 0 spiro atoms. The predicted octanol–water partition coefficient (Wildman–Crippen LogP) is 3.22. The van der Waals surface area contributed by atoms with Gasteiger partial charge in [-0.1, -0.05) is 30.3 Å². The molecule has 1 aromatic heterocycles. The van der Waals surface area contributed by atoms with Gasteiger partial charge in [-0.3, -0.25) is 30.1 Å². The molecule has 172 valence electrons. The summed E-state index contributed by atoms with van der Waals surface area (Å²) < 4.78 is 27.7. The Kier molecular flexibility index (Phi) is 7.07. The highest BCUT2D eigenvalue weighted by atomic mass is 32.2. The normalized spacial score (nSPS) is 14.1. The van der Waals surface area contributed by atoms with E-state index < -0.39 is 21.8 Å². The van der Waals surface area contributed by atoms with Gasteiger partial charge in [0.1, 0.15) is 4.21 Å². The predicted molar refractivity (Wildman–Crippen MR) is 127 cm³/mol. The summed E-state index contributed by atoms with van der Waals surface area (Å²) in [4.78, 5) is 27.6. The SMILES string of the molecule is O=C(NNC(=O)c1ccccc1NS(=O)(=O)c1cccs1)c1cccc(CN2CCCC2)c1. The van der Waals surface area contributed by atoms with Gasteiger partial charge in [0.05, 0.1) is 11.3 Å². The first-order valence-corrected chi connectivity index (χ1v) is 12.9. The molecule has 0 saturated carbocycles. The molecule has 4 rings (SSSR count). The molecule has 2 aromatic carbocycles. The maximum Gasteiger partial charge on any atom is 0.271 e. The minimum absolute atomic E-state index is 0.0840. The summed E-state index contributed by atoms with van der Waals surface area (Å²) >= 11 is 1.07. The van der Waals surface area contributed by atoms with Crippen molar-refractivity contribution in [3.8, 4) is 0 Å². The largest absolute Gasteiger partial charge is 0.299 e. The van der Waals surface area contributed by atoms with Gasteiger partial charge in [-0.15, -0.1) is 11.3 Å². The van der Waals surface area contributed by atoms with Gasteiger partial charge >= 0.3 is 0 Å². The van der Waals surface area contributed by atoms with Crippen molar-refractivity contribution in [2.75, 3.05) is 17.8 Å². The Labute approximate surface area is 196 Å². The van der Waals surface area contributed by atoms with Crippen molar-refractivity contribution in [2.24, 2.45) is 0 Å². The van der Waals surface area contributed by atoms with Crippen LogP contribution in [-0.4, -0.2) is 38.2 Å². The van der Waals surface area contributed by atoms with Gasteiger partial charge in [0.2, 0.25) is 0 Å². The van der Waals surface area contributed by atoms with Gasteiger partial charge in [0, 0.05) is 12.1 Å². The van der Waals surface area contributed by atoms with Crippen LogP contribution < -0.4 is 15.6 Å². The minimum atomic E-state index is -3.82. The highest BCUT2D eigenvalue weighted by molar-refractivity contribution is 7.94. The standard InChI is InChI=1S/C23H24N4O4S2/c28-22(18-8-5-7-17(15-18)16-27-12-3-4-13-27)24-25-23(29)19-9-1-2-10-20(19)26-33(30,31)21-11-6-14-32-21/h1-2,5-11,14-15,26H,3-4,12-13,16H2,(H,24,28)(H,25,29). The van der Waals surface area contributed by atoms with E-state index >= 15 is 0 Å². The third-order valence-corrected chi connectivity index (χ3v) is 8.02. The lowest BCUT2D eigenvalue weighted by Gasteiger charge is -2.15. The van der Waals surface area contributed by atoms with Crippen molar-refractivity contribution >= 4 is 38.9 Å². The smallest absolute Gasteiger partial charge is 0.271 e. The molecule has 0 unspecified atom stereocenters. The van der Waals surface area contributed by atoms with Crippen LogP contribution in [0, 0.1) is 0 Å². The molecular formula is C23H24N4O4S2. The van der Waals surface area contributed by atoms with E-state index in [4.69, 9.17) is 0 Å². The number of benzene rings is 2. The van der Waals surface area contributed by atoms with Crippen LogP contribution in [0.3, 0.4) is 0 Å². The monoisotopic (exact) mass is 484 g/mol. The van der Waals surface area contributed by atoms with Gasteiger partial charge in [-0.25, -0.2) is 8.42 Å². The Bertz CT molecular complexity index is 1240. The van der Waals surface area contributed by atoms with Crippen molar-refractivity contribution in [3.05, 3.63) is 82.7 Å². The molecule has 1 aliphatic rings. The number of carbonyl (C=O) groups excluding carboxylic acids is 2. The van der Waals surface area contributed by atoms with Crippen LogP contribution in [0.25, 0.3) is 0 Å². The molecule has 3 aromatic rings. The average Bonchev–Trinajstić information content (AvgIpc) is 3.52. The summed E-state index contributed by atoms with van der Waals surface area (Å²) in [6.45, 7) is 2.90. The van der Waals surface area contributed by atoms with E-state index in [2.05, 4.69) is 20.5 Å². The summed E-state index contributed by atoms with van der Waals surface area (Å²) in [7, 11) is -3.82. The number of hydrogen-bond donors (Lipinski definition) is 3. The second kappa shape index (κ2) is 10.2. The molecule has 10 heteroatoms. The van der Waals surface area contributed by atoms with E-state index in [0.717, 1.165) is 36.5 Å². The third-order valence-electron chi connectivity index (χ3n) is 5.26. The molecule has 2 heterocycles. The van der Waals surface area contributed by atoms with Gasteiger partial charge in [-0.05, 0) is 67.2 Å². The first-order valence-electron chi connectivity index (χ1n) is 10.5. The number of rotatable bonds is 7. The molecule has 3 N–H and O–H groups in total. The van der Waals surface area contributed by atoms with E-state index in [9.17, 15) is 18.0 Å². The van der Waals surface area contributed by atoms with Crippen molar-refractivity contribution in [3.63, 3.8) is 0 Å². The molecule has 0 radical (unpaired) electrons. The van der Waals surface area contributed by atoms with Crippen LogP contribution in [0.1, 0.15) is 39.1 Å². The van der Waals surface area contributed by atoms with Crippen LogP contribution in [0.4, 0.5) is 5.69 Å². The molecule has 2 amide bonds. The topological polar surface area (TPSA) is 108 Å². The summed E-state index contributed by atoms with van der Waals surface area (Å²) in [6, 6.07) is 16.6. The van der Waals surface area contributed by atoms with Crippen molar-refractivity contribution < 1.29 is 18.0 Å². The van der Waals surface area contributed by atoms with Gasteiger partial charge < -0.3 is 0 Å². The summed E-state index contributed by atoms with van der Waals surface area (Å²) in [5.41, 5.74) is 6.44.